The Balaban J connectivity index is 1.19. The Morgan fingerprint density at radius 1 is 1.21 bits per heavy atom. The van der Waals surface area contributed by atoms with Crippen LogP contribution in [0.2, 0.25) is 0 Å². The molecule has 0 bridgehead atoms. The monoisotopic (exact) mass is 480 g/mol. The molecule has 0 aliphatic carbocycles. The quantitative estimate of drug-likeness (QED) is 0.559. The molecule has 0 aromatic heterocycles. The number of fused-ring (bicyclic) bond motifs is 3. The van der Waals surface area contributed by atoms with E-state index in [1.807, 2.05) is 36.7 Å². The van der Waals surface area contributed by atoms with Crippen LogP contribution in [0.4, 0.5) is 5.69 Å². The Labute approximate surface area is 203 Å². The Kier molecular flexibility index (Phi) is 6.27. The van der Waals surface area contributed by atoms with E-state index >= 15 is 0 Å². The van der Waals surface area contributed by atoms with E-state index in [0.717, 1.165) is 22.2 Å². The van der Waals surface area contributed by atoms with Crippen LogP contribution in [-0.2, 0) is 4.79 Å². The van der Waals surface area contributed by atoms with Gasteiger partial charge in [-0.2, -0.15) is 5.10 Å². The van der Waals surface area contributed by atoms with Crippen LogP contribution in [0.1, 0.15) is 29.2 Å². The highest BCUT2D eigenvalue weighted by Gasteiger charge is 2.44. The van der Waals surface area contributed by atoms with Gasteiger partial charge >= 0.3 is 0 Å². The van der Waals surface area contributed by atoms with Gasteiger partial charge < -0.3 is 15.2 Å². The Morgan fingerprint density at radius 2 is 2.09 bits per heavy atom. The molecule has 1 saturated heterocycles. The van der Waals surface area contributed by atoms with E-state index in [1.165, 1.54) is 28.5 Å². The first kappa shape index (κ1) is 22.2. The number of amidine groups is 1. The number of hydrazone groups is 1. The van der Waals surface area contributed by atoms with Gasteiger partial charge in [0.1, 0.15) is 6.17 Å². The van der Waals surface area contributed by atoms with E-state index < -0.39 is 0 Å². The lowest BCUT2D eigenvalue weighted by atomic mass is 9.95. The zero-order valence-corrected chi connectivity index (χ0v) is 20.5. The molecule has 3 aliphatic rings. The summed E-state index contributed by atoms with van der Waals surface area (Å²) in [5, 5.41) is 10.5. The lowest BCUT2D eigenvalue weighted by molar-refractivity contribution is -0.113. The summed E-state index contributed by atoms with van der Waals surface area (Å²) in [6, 6.07) is 15.0. The molecular weight excluding hydrogens is 452 g/mol. The summed E-state index contributed by atoms with van der Waals surface area (Å²) in [7, 11) is 0. The lowest BCUT2D eigenvalue weighted by Crippen LogP contribution is -2.54. The van der Waals surface area contributed by atoms with Crippen LogP contribution in [0.25, 0.3) is 0 Å². The summed E-state index contributed by atoms with van der Waals surface area (Å²) in [6.07, 6.45) is 7.15. The first-order valence-corrected chi connectivity index (χ1v) is 13.2. The van der Waals surface area contributed by atoms with Gasteiger partial charge in [-0.15, -0.1) is 11.8 Å². The summed E-state index contributed by atoms with van der Waals surface area (Å²) in [6.45, 7) is 4.31. The van der Waals surface area contributed by atoms with Crippen molar-refractivity contribution in [3.63, 3.8) is 0 Å². The molecule has 2 aromatic carbocycles. The number of nitrogens with zero attached hydrogens (tertiary/aromatic N) is 3. The molecule has 33 heavy (non-hydrogen) atoms. The second-order valence-electron chi connectivity index (χ2n) is 8.49. The zero-order chi connectivity index (χ0) is 22.9. The summed E-state index contributed by atoms with van der Waals surface area (Å²) in [5.41, 5.74) is 11.7. The van der Waals surface area contributed by atoms with Crippen molar-refractivity contribution in [3.8, 4) is 0 Å². The predicted molar refractivity (Wildman–Crippen MR) is 137 cm³/mol. The summed E-state index contributed by atoms with van der Waals surface area (Å²) < 4.78 is 0. The third-order valence-corrected chi connectivity index (χ3v) is 7.89. The number of hydrogen-bond acceptors (Lipinski definition) is 8. The number of benzene rings is 2. The summed E-state index contributed by atoms with van der Waals surface area (Å²) in [4.78, 5) is 15.8. The van der Waals surface area contributed by atoms with Crippen LogP contribution < -0.4 is 16.2 Å². The van der Waals surface area contributed by atoms with E-state index in [9.17, 15) is 4.79 Å². The number of hydrazine groups is 1. The van der Waals surface area contributed by atoms with Crippen molar-refractivity contribution in [2.75, 3.05) is 17.3 Å². The molecule has 3 aliphatic heterocycles. The minimum absolute atomic E-state index is 0.0375. The van der Waals surface area contributed by atoms with Gasteiger partial charge in [-0.1, -0.05) is 41.6 Å². The first-order chi connectivity index (χ1) is 16.0. The fourth-order valence-electron chi connectivity index (χ4n) is 4.52. The lowest BCUT2D eigenvalue weighted by Gasteiger charge is -2.36. The molecule has 9 heteroatoms. The number of aryl methyl sites for hydroxylation is 2. The highest BCUT2D eigenvalue weighted by Crippen LogP contribution is 2.36. The van der Waals surface area contributed by atoms with Gasteiger partial charge in [0.2, 0.25) is 5.91 Å². The molecule has 0 radical (unpaired) electrons. The minimum atomic E-state index is -0.0375. The van der Waals surface area contributed by atoms with E-state index in [2.05, 4.69) is 69.4 Å². The van der Waals surface area contributed by atoms with Crippen molar-refractivity contribution >= 4 is 40.3 Å². The molecule has 3 N–H and O–H groups in total. The molecule has 172 valence electrons. The highest BCUT2D eigenvalue weighted by atomic mass is 32.2. The number of carbonyl (C=O) groups is 1. The maximum Gasteiger partial charge on any atom is 0.234 e. The predicted octanol–water partition coefficient (Wildman–Crippen LogP) is 4.00. The fraction of sp³-hybridized carbons (Fsp3) is 0.333. The van der Waals surface area contributed by atoms with E-state index in [1.54, 1.807) is 11.8 Å². The summed E-state index contributed by atoms with van der Waals surface area (Å²) in [5.74, 6) is 0.267. The molecule has 1 amide bonds. The number of thioether (sulfide) groups is 2. The van der Waals surface area contributed by atoms with Crippen LogP contribution in [0, 0.1) is 13.8 Å². The van der Waals surface area contributed by atoms with E-state index in [-0.39, 0.29) is 24.2 Å². The number of carbonyl (C=O) groups excluding carboxylic acids is 1. The molecule has 3 heterocycles. The molecule has 2 aromatic rings. The fourth-order valence-corrected chi connectivity index (χ4v) is 5.75. The van der Waals surface area contributed by atoms with Crippen molar-refractivity contribution in [2.45, 2.75) is 43.4 Å². The standard InChI is InChI=1S/C24H28N6OS2/c1-15-7-8-16(2)19(11-15)20-13-21-23-26-27-24(29(23)9-10-30(21)28-20)33-14-22(31)25-17-5-4-6-18(12-17)32-3/h4-12,20-21,23,26,28H,13-14H2,1-3H3,(H,25,31). The third-order valence-electron chi connectivity index (χ3n) is 6.20. The molecule has 0 spiro atoms. The third kappa shape index (κ3) is 4.58. The number of hydrogen-bond donors (Lipinski definition) is 3. The van der Waals surface area contributed by atoms with Crippen LogP contribution in [0.3, 0.4) is 0 Å². The van der Waals surface area contributed by atoms with Crippen molar-refractivity contribution in [1.82, 2.24) is 20.8 Å². The number of rotatable bonds is 5. The van der Waals surface area contributed by atoms with Gasteiger partial charge in [0.05, 0.1) is 17.8 Å². The van der Waals surface area contributed by atoms with E-state index in [4.69, 9.17) is 0 Å². The van der Waals surface area contributed by atoms with Crippen LogP contribution in [0.5, 0.6) is 0 Å². The molecular formula is C24H28N6OS2. The van der Waals surface area contributed by atoms with Crippen LogP contribution >= 0.6 is 23.5 Å². The van der Waals surface area contributed by atoms with Gasteiger partial charge in [-0.3, -0.25) is 10.2 Å². The van der Waals surface area contributed by atoms with Crippen molar-refractivity contribution in [3.05, 3.63) is 71.6 Å². The Bertz CT molecular complexity index is 1120. The Morgan fingerprint density at radius 3 is 2.94 bits per heavy atom. The number of nitrogens with one attached hydrogen (secondary N) is 3. The van der Waals surface area contributed by atoms with Gasteiger partial charge in [0.15, 0.2) is 5.17 Å². The molecule has 3 unspecified atom stereocenters. The second kappa shape index (κ2) is 9.32. The van der Waals surface area contributed by atoms with Gasteiger partial charge in [-0.25, -0.2) is 5.43 Å². The molecule has 3 atom stereocenters. The smallest absolute Gasteiger partial charge is 0.234 e. The first-order valence-electron chi connectivity index (χ1n) is 11.0. The normalized spacial score (nSPS) is 23.1. The summed E-state index contributed by atoms with van der Waals surface area (Å²) >= 11 is 3.11. The molecule has 7 nitrogen and oxygen atoms in total. The zero-order valence-electron chi connectivity index (χ0n) is 18.9. The molecule has 5 rings (SSSR count). The maximum absolute atomic E-state index is 12.5. The molecule has 0 saturated carbocycles. The van der Waals surface area contributed by atoms with Crippen LogP contribution in [0.15, 0.2) is 64.9 Å². The average molecular weight is 481 g/mol. The number of amides is 1. The minimum Gasteiger partial charge on any atom is -0.325 e. The van der Waals surface area contributed by atoms with Crippen molar-refractivity contribution in [2.24, 2.45) is 5.10 Å². The van der Waals surface area contributed by atoms with Crippen molar-refractivity contribution < 1.29 is 4.79 Å². The maximum atomic E-state index is 12.5. The Hall–Kier alpha value is -2.62. The van der Waals surface area contributed by atoms with Crippen LogP contribution in [-0.4, -0.2) is 45.2 Å². The SMILES string of the molecule is CSc1cccc(NC(=O)CSC2=NNC3C4CC(c5cc(C)ccc5C)NN4C=CN23)c1. The second-order valence-corrected chi connectivity index (χ2v) is 10.3. The molecule has 1 fully saturated rings. The highest BCUT2D eigenvalue weighted by molar-refractivity contribution is 8.14. The van der Waals surface area contributed by atoms with Gasteiger partial charge in [0, 0.05) is 23.0 Å². The topological polar surface area (TPSA) is 72.0 Å². The average Bonchev–Trinajstić information content (AvgIpc) is 3.43. The van der Waals surface area contributed by atoms with Crippen molar-refractivity contribution in [1.29, 1.82) is 0 Å². The van der Waals surface area contributed by atoms with Gasteiger partial charge in [-0.05, 0) is 55.9 Å². The largest absolute Gasteiger partial charge is 0.325 e. The van der Waals surface area contributed by atoms with Gasteiger partial charge in [0.25, 0.3) is 0 Å². The number of anilines is 1. The van der Waals surface area contributed by atoms with E-state index in [0.29, 0.717) is 5.75 Å².